The molecule has 0 amide bonds. The number of aliphatic hydroxyl groups is 1. The molecule has 18 heavy (non-hydrogen) atoms. The summed E-state index contributed by atoms with van der Waals surface area (Å²) in [4.78, 5) is 10.7. The van der Waals surface area contributed by atoms with Crippen molar-refractivity contribution in [3.8, 4) is 0 Å². The van der Waals surface area contributed by atoms with Gasteiger partial charge in [-0.15, -0.1) is 0 Å². The van der Waals surface area contributed by atoms with Crippen molar-refractivity contribution >= 4 is 16.0 Å². The van der Waals surface area contributed by atoms with Gasteiger partial charge in [-0.25, -0.2) is 8.42 Å². The van der Waals surface area contributed by atoms with Gasteiger partial charge in [0.25, 0.3) is 0 Å². The zero-order valence-corrected chi connectivity index (χ0v) is 10.6. The fourth-order valence-corrected chi connectivity index (χ4v) is 2.66. The average molecular weight is 273 g/mol. The van der Waals surface area contributed by atoms with Gasteiger partial charge >= 0.3 is 5.97 Å². The van der Waals surface area contributed by atoms with Crippen LogP contribution < -0.4 is 4.72 Å². The molecule has 0 aliphatic rings. The molecule has 100 valence electrons. The third kappa shape index (κ3) is 3.52. The molecular formula is C11H15NO5S. The minimum absolute atomic E-state index is 0.548. The Kier molecular flexibility index (Phi) is 4.83. The van der Waals surface area contributed by atoms with Crippen molar-refractivity contribution in [3.05, 3.63) is 35.9 Å². The zero-order chi connectivity index (χ0) is 13.8. The summed E-state index contributed by atoms with van der Waals surface area (Å²) in [5.74, 6) is -1.42. The summed E-state index contributed by atoms with van der Waals surface area (Å²) in [5, 5.41) is 16.6. The Labute approximate surface area is 105 Å². The van der Waals surface area contributed by atoms with E-state index in [-0.39, 0.29) is 0 Å². The minimum Gasteiger partial charge on any atom is -0.480 e. The topological polar surface area (TPSA) is 104 Å². The first-order valence-corrected chi connectivity index (χ1v) is 6.83. The monoisotopic (exact) mass is 273 g/mol. The van der Waals surface area contributed by atoms with Crippen LogP contribution in [-0.4, -0.2) is 37.2 Å². The number of carboxylic acid groups (broad SMARTS) is 1. The van der Waals surface area contributed by atoms with Crippen LogP contribution in [0.3, 0.4) is 0 Å². The third-order valence-corrected chi connectivity index (χ3v) is 4.34. The van der Waals surface area contributed by atoms with Crippen molar-refractivity contribution in [1.82, 2.24) is 4.72 Å². The maximum Gasteiger partial charge on any atom is 0.324 e. The summed E-state index contributed by atoms with van der Waals surface area (Å²) in [6, 6.07) is 6.90. The van der Waals surface area contributed by atoms with Crippen molar-refractivity contribution in [2.75, 3.05) is 6.61 Å². The van der Waals surface area contributed by atoms with E-state index in [4.69, 9.17) is 10.2 Å². The molecule has 1 unspecified atom stereocenters. The molecule has 6 nitrogen and oxygen atoms in total. The molecule has 0 radical (unpaired) electrons. The van der Waals surface area contributed by atoms with E-state index in [2.05, 4.69) is 0 Å². The van der Waals surface area contributed by atoms with E-state index in [1.165, 1.54) is 6.92 Å². The highest BCUT2D eigenvalue weighted by molar-refractivity contribution is 7.89. The smallest absolute Gasteiger partial charge is 0.324 e. The van der Waals surface area contributed by atoms with Gasteiger partial charge in [0, 0.05) is 0 Å². The summed E-state index contributed by atoms with van der Waals surface area (Å²) < 4.78 is 25.8. The lowest BCUT2D eigenvalue weighted by molar-refractivity contribution is -0.139. The highest BCUT2D eigenvalue weighted by Crippen LogP contribution is 2.20. The summed E-state index contributed by atoms with van der Waals surface area (Å²) in [7, 11) is -3.86. The van der Waals surface area contributed by atoms with Crippen LogP contribution in [-0.2, 0) is 14.8 Å². The molecule has 0 heterocycles. The number of carboxylic acids is 1. The molecule has 0 aliphatic carbocycles. The molecule has 0 saturated carbocycles. The Hall–Kier alpha value is -1.44. The summed E-state index contributed by atoms with van der Waals surface area (Å²) in [5.41, 5.74) is 0.548. The van der Waals surface area contributed by atoms with E-state index in [0.717, 1.165) is 0 Å². The first-order chi connectivity index (χ1) is 8.38. The Morgan fingerprint density at radius 2 is 1.89 bits per heavy atom. The third-order valence-electron chi connectivity index (χ3n) is 2.52. The van der Waals surface area contributed by atoms with Crippen molar-refractivity contribution in [2.45, 2.75) is 18.2 Å². The summed E-state index contributed by atoms with van der Waals surface area (Å²) in [6.45, 7) is 0.657. The van der Waals surface area contributed by atoms with Gasteiger partial charge in [0.15, 0.2) is 0 Å². The van der Waals surface area contributed by atoms with Gasteiger partial charge in [0.05, 0.1) is 11.9 Å². The number of hydrogen-bond donors (Lipinski definition) is 3. The van der Waals surface area contributed by atoms with Gasteiger partial charge in [-0.1, -0.05) is 30.3 Å². The number of nitrogens with one attached hydrogen (secondary N) is 1. The molecule has 0 aromatic heterocycles. The molecule has 0 fully saturated rings. The number of aliphatic carboxylic acids is 1. The molecular weight excluding hydrogens is 258 g/mol. The first kappa shape index (κ1) is 14.6. The molecule has 3 N–H and O–H groups in total. The predicted molar refractivity (Wildman–Crippen MR) is 65.4 cm³/mol. The van der Waals surface area contributed by atoms with E-state index in [1.807, 2.05) is 4.72 Å². The number of rotatable bonds is 6. The standard InChI is InChI=1S/C11H15NO5S/c1-8(9-5-3-2-4-6-9)18(16,17)12-10(7-13)11(14)15/h2-6,8,10,12-13H,7H2,1H3,(H,14,15)/t8?,10-/m1/s1. The Morgan fingerprint density at radius 1 is 1.33 bits per heavy atom. The molecule has 0 spiro atoms. The van der Waals surface area contributed by atoms with E-state index in [9.17, 15) is 13.2 Å². The summed E-state index contributed by atoms with van der Waals surface area (Å²) in [6.07, 6.45) is 0. The van der Waals surface area contributed by atoms with Gasteiger partial charge in [-0.3, -0.25) is 4.79 Å². The zero-order valence-electron chi connectivity index (χ0n) is 9.78. The second-order valence-corrected chi connectivity index (χ2v) is 5.82. The van der Waals surface area contributed by atoms with Gasteiger partial charge in [-0.05, 0) is 12.5 Å². The highest BCUT2D eigenvalue weighted by Gasteiger charge is 2.28. The van der Waals surface area contributed by atoms with Crippen molar-refractivity contribution < 1.29 is 23.4 Å². The fraction of sp³-hybridized carbons (Fsp3) is 0.364. The predicted octanol–water partition coefficient (Wildman–Crippen LogP) is 0.112. The Morgan fingerprint density at radius 3 is 2.33 bits per heavy atom. The lowest BCUT2D eigenvalue weighted by Crippen LogP contribution is -2.44. The maximum absolute atomic E-state index is 11.9. The van der Waals surface area contributed by atoms with Gasteiger partial charge in [0.1, 0.15) is 6.04 Å². The van der Waals surface area contributed by atoms with E-state index in [0.29, 0.717) is 5.56 Å². The molecule has 0 saturated heterocycles. The lowest BCUT2D eigenvalue weighted by atomic mass is 10.2. The first-order valence-electron chi connectivity index (χ1n) is 5.28. The molecule has 1 rings (SSSR count). The van der Waals surface area contributed by atoms with Crippen LogP contribution in [0.2, 0.25) is 0 Å². The van der Waals surface area contributed by atoms with Crippen LogP contribution in [0, 0.1) is 0 Å². The van der Waals surface area contributed by atoms with Gasteiger partial charge in [0.2, 0.25) is 10.0 Å². The largest absolute Gasteiger partial charge is 0.480 e. The maximum atomic E-state index is 11.9. The number of sulfonamides is 1. The molecule has 2 atom stereocenters. The molecule has 7 heteroatoms. The number of hydrogen-bond acceptors (Lipinski definition) is 4. The number of aliphatic hydroxyl groups excluding tert-OH is 1. The van der Waals surface area contributed by atoms with E-state index in [1.54, 1.807) is 30.3 Å². The van der Waals surface area contributed by atoms with Gasteiger partial charge < -0.3 is 10.2 Å². The Bertz CT molecular complexity index is 499. The van der Waals surface area contributed by atoms with E-state index >= 15 is 0 Å². The molecule has 0 aliphatic heterocycles. The van der Waals surface area contributed by atoms with Crippen LogP contribution in [0.15, 0.2) is 30.3 Å². The Balaban J connectivity index is 2.90. The lowest BCUT2D eigenvalue weighted by Gasteiger charge is -2.17. The van der Waals surface area contributed by atoms with Crippen LogP contribution in [0.5, 0.6) is 0 Å². The second kappa shape index (κ2) is 5.94. The van der Waals surface area contributed by atoms with Gasteiger partial charge in [-0.2, -0.15) is 4.72 Å². The minimum atomic E-state index is -3.86. The van der Waals surface area contributed by atoms with Crippen LogP contribution in [0.1, 0.15) is 17.7 Å². The second-order valence-electron chi connectivity index (χ2n) is 3.79. The van der Waals surface area contributed by atoms with Crippen molar-refractivity contribution in [2.24, 2.45) is 0 Å². The highest BCUT2D eigenvalue weighted by atomic mass is 32.2. The molecule has 0 bridgehead atoms. The van der Waals surface area contributed by atoms with E-state index < -0.39 is 33.9 Å². The van der Waals surface area contributed by atoms with Crippen LogP contribution in [0.25, 0.3) is 0 Å². The van der Waals surface area contributed by atoms with Crippen LogP contribution in [0.4, 0.5) is 0 Å². The normalized spacial score (nSPS) is 15.0. The van der Waals surface area contributed by atoms with Crippen molar-refractivity contribution in [3.63, 3.8) is 0 Å². The van der Waals surface area contributed by atoms with Crippen molar-refractivity contribution in [1.29, 1.82) is 0 Å². The average Bonchev–Trinajstić information content (AvgIpc) is 2.35. The molecule has 1 aromatic carbocycles. The number of benzene rings is 1. The molecule has 1 aromatic rings. The fourth-order valence-electron chi connectivity index (χ4n) is 1.37. The summed E-state index contributed by atoms with van der Waals surface area (Å²) >= 11 is 0. The SMILES string of the molecule is CC(c1ccccc1)S(=O)(=O)N[C@H](CO)C(=O)O. The van der Waals surface area contributed by atoms with Crippen LogP contribution >= 0.6 is 0 Å². The number of carbonyl (C=O) groups is 1. The quantitative estimate of drug-likeness (QED) is 0.682.